The summed E-state index contributed by atoms with van der Waals surface area (Å²) >= 11 is 0. The highest BCUT2D eigenvalue weighted by molar-refractivity contribution is 5.74. The van der Waals surface area contributed by atoms with Crippen molar-refractivity contribution in [2.45, 2.75) is 19.0 Å². The van der Waals surface area contributed by atoms with E-state index in [9.17, 15) is 4.79 Å². The Morgan fingerprint density at radius 2 is 2.10 bits per heavy atom. The summed E-state index contributed by atoms with van der Waals surface area (Å²) in [5.41, 5.74) is 1.21. The van der Waals surface area contributed by atoms with Crippen molar-refractivity contribution in [1.29, 1.82) is 0 Å². The van der Waals surface area contributed by atoms with Gasteiger partial charge in [-0.1, -0.05) is 18.2 Å². The van der Waals surface area contributed by atoms with Crippen molar-refractivity contribution in [2.24, 2.45) is 0 Å². The third-order valence-electron chi connectivity index (χ3n) is 3.65. The highest BCUT2D eigenvalue weighted by Crippen LogP contribution is 2.19. The Labute approximate surface area is 123 Å². The van der Waals surface area contributed by atoms with Gasteiger partial charge in [-0.2, -0.15) is 0 Å². The van der Waals surface area contributed by atoms with Gasteiger partial charge < -0.3 is 20.0 Å². The monoisotopic (exact) mass is 285 g/mol. The Bertz CT molecular complexity index is 568. The van der Waals surface area contributed by atoms with Gasteiger partial charge in [0.25, 0.3) is 0 Å². The molecule has 0 saturated carbocycles. The van der Waals surface area contributed by atoms with Crippen LogP contribution in [-0.4, -0.2) is 25.2 Å². The third-order valence-corrected chi connectivity index (χ3v) is 3.65. The SMILES string of the molecule is O=C(NCc1ccco1)NC1CCN(c2ccccc2)C1. The smallest absolute Gasteiger partial charge is 0.315 e. The minimum atomic E-state index is -0.147. The van der Waals surface area contributed by atoms with E-state index in [2.05, 4.69) is 27.7 Å². The molecule has 1 aromatic heterocycles. The van der Waals surface area contributed by atoms with Gasteiger partial charge in [-0.05, 0) is 30.7 Å². The summed E-state index contributed by atoms with van der Waals surface area (Å²) in [4.78, 5) is 14.1. The number of nitrogens with zero attached hydrogens (tertiary/aromatic N) is 1. The Hall–Kier alpha value is -2.43. The Morgan fingerprint density at radius 3 is 2.86 bits per heavy atom. The molecule has 5 heteroatoms. The molecule has 110 valence electrons. The molecule has 1 fully saturated rings. The van der Waals surface area contributed by atoms with Crippen molar-refractivity contribution in [3.05, 3.63) is 54.5 Å². The molecular formula is C16H19N3O2. The van der Waals surface area contributed by atoms with Crippen LogP contribution in [0.4, 0.5) is 10.5 Å². The summed E-state index contributed by atoms with van der Waals surface area (Å²) < 4.78 is 5.18. The second kappa shape index (κ2) is 6.35. The molecule has 1 aromatic carbocycles. The summed E-state index contributed by atoms with van der Waals surface area (Å²) in [7, 11) is 0. The molecule has 2 amide bonds. The number of hydrogen-bond donors (Lipinski definition) is 2. The van der Waals surface area contributed by atoms with Gasteiger partial charge in [-0.3, -0.25) is 0 Å². The first-order valence-corrected chi connectivity index (χ1v) is 7.18. The molecule has 3 rings (SSSR count). The van der Waals surface area contributed by atoms with E-state index in [4.69, 9.17) is 4.42 Å². The number of anilines is 1. The van der Waals surface area contributed by atoms with Crippen LogP contribution >= 0.6 is 0 Å². The predicted octanol–water partition coefficient (Wildman–Crippen LogP) is 2.36. The van der Waals surface area contributed by atoms with Gasteiger partial charge in [0, 0.05) is 24.8 Å². The zero-order valence-corrected chi connectivity index (χ0v) is 11.8. The van der Waals surface area contributed by atoms with E-state index in [1.54, 1.807) is 6.26 Å². The van der Waals surface area contributed by atoms with Gasteiger partial charge in [0.15, 0.2) is 0 Å². The van der Waals surface area contributed by atoms with E-state index in [-0.39, 0.29) is 12.1 Å². The second-order valence-electron chi connectivity index (χ2n) is 5.17. The van der Waals surface area contributed by atoms with Crippen LogP contribution in [0, 0.1) is 0 Å². The highest BCUT2D eigenvalue weighted by atomic mass is 16.3. The maximum atomic E-state index is 11.9. The van der Waals surface area contributed by atoms with E-state index in [0.717, 1.165) is 25.3 Å². The molecule has 1 atom stereocenters. The minimum absolute atomic E-state index is 0.147. The number of rotatable bonds is 4. The fraction of sp³-hybridized carbons (Fsp3) is 0.312. The van der Waals surface area contributed by atoms with Crippen LogP contribution < -0.4 is 15.5 Å². The molecule has 0 aliphatic carbocycles. The van der Waals surface area contributed by atoms with Crippen molar-refractivity contribution in [2.75, 3.05) is 18.0 Å². The lowest BCUT2D eigenvalue weighted by atomic mass is 10.3. The van der Waals surface area contributed by atoms with Crippen LogP contribution in [0.15, 0.2) is 53.1 Å². The van der Waals surface area contributed by atoms with Gasteiger partial charge in [0.05, 0.1) is 12.8 Å². The van der Waals surface area contributed by atoms with Gasteiger partial charge in [0.1, 0.15) is 5.76 Å². The minimum Gasteiger partial charge on any atom is -0.467 e. The predicted molar refractivity (Wildman–Crippen MR) is 81.1 cm³/mol. The molecular weight excluding hydrogens is 266 g/mol. The van der Waals surface area contributed by atoms with Crippen molar-refractivity contribution in [1.82, 2.24) is 10.6 Å². The van der Waals surface area contributed by atoms with E-state index >= 15 is 0 Å². The largest absolute Gasteiger partial charge is 0.467 e. The number of para-hydroxylation sites is 1. The molecule has 5 nitrogen and oxygen atoms in total. The summed E-state index contributed by atoms with van der Waals surface area (Å²) in [5.74, 6) is 0.752. The Kier molecular flexibility index (Phi) is 4.09. The van der Waals surface area contributed by atoms with Crippen LogP contribution in [0.5, 0.6) is 0 Å². The van der Waals surface area contributed by atoms with Gasteiger partial charge in [0.2, 0.25) is 0 Å². The topological polar surface area (TPSA) is 57.5 Å². The number of furan rings is 1. The molecule has 0 spiro atoms. The van der Waals surface area contributed by atoms with Gasteiger partial charge >= 0.3 is 6.03 Å². The lowest BCUT2D eigenvalue weighted by Crippen LogP contribution is -2.43. The van der Waals surface area contributed by atoms with Crippen molar-refractivity contribution in [3.63, 3.8) is 0 Å². The normalized spacial score (nSPS) is 17.7. The first-order chi connectivity index (χ1) is 10.3. The number of nitrogens with one attached hydrogen (secondary N) is 2. The van der Waals surface area contributed by atoms with Crippen molar-refractivity contribution < 1.29 is 9.21 Å². The van der Waals surface area contributed by atoms with Gasteiger partial charge in [-0.15, -0.1) is 0 Å². The standard InChI is InChI=1S/C16H19N3O2/c20-16(17-11-15-7-4-10-21-15)18-13-8-9-19(12-13)14-5-2-1-3-6-14/h1-7,10,13H,8-9,11-12H2,(H2,17,18,20). The van der Waals surface area contributed by atoms with Crippen molar-refractivity contribution >= 4 is 11.7 Å². The summed E-state index contributed by atoms with van der Waals surface area (Å²) in [6.07, 6.45) is 2.56. The maximum Gasteiger partial charge on any atom is 0.315 e. The molecule has 1 saturated heterocycles. The van der Waals surface area contributed by atoms with Crippen LogP contribution in [0.2, 0.25) is 0 Å². The number of benzene rings is 1. The average Bonchev–Trinajstić information content (AvgIpc) is 3.17. The van der Waals surface area contributed by atoms with E-state index in [1.165, 1.54) is 5.69 Å². The van der Waals surface area contributed by atoms with Crippen LogP contribution in [-0.2, 0) is 6.54 Å². The molecule has 2 aromatic rings. The zero-order valence-electron chi connectivity index (χ0n) is 11.8. The van der Waals surface area contributed by atoms with E-state index in [1.807, 2.05) is 30.3 Å². The fourth-order valence-electron chi connectivity index (χ4n) is 2.57. The molecule has 1 unspecified atom stereocenters. The highest BCUT2D eigenvalue weighted by Gasteiger charge is 2.23. The van der Waals surface area contributed by atoms with E-state index < -0.39 is 0 Å². The number of carbonyl (C=O) groups excluding carboxylic acids is 1. The molecule has 1 aliphatic rings. The average molecular weight is 285 g/mol. The summed E-state index contributed by atoms with van der Waals surface area (Å²) in [5, 5.41) is 5.81. The Balaban J connectivity index is 1.45. The zero-order chi connectivity index (χ0) is 14.5. The molecule has 2 heterocycles. The first kappa shape index (κ1) is 13.5. The number of urea groups is 1. The fourth-order valence-corrected chi connectivity index (χ4v) is 2.57. The number of hydrogen-bond acceptors (Lipinski definition) is 3. The second-order valence-corrected chi connectivity index (χ2v) is 5.17. The number of carbonyl (C=O) groups is 1. The van der Waals surface area contributed by atoms with Crippen LogP contribution in [0.1, 0.15) is 12.2 Å². The number of amides is 2. The van der Waals surface area contributed by atoms with Gasteiger partial charge in [-0.25, -0.2) is 4.79 Å². The molecule has 1 aliphatic heterocycles. The van der Waals surface area contributed by atoms with E-state index in [0.29, 0.717) is 6.54 Å². The lowest BCUT2D eigenvalue weighted by molar-refractivity contribution is 0.236. The lowest BCUT2D eigenvalue weighted by Gasteiger charge is -2.19. The molecule has 0 bridgehead atoms. The summed E-state index contributed by atoms with van der Waals surface area (Å²) in [6.45, 7) is 2.22. The van der Waals surface area contributed by atoms with Crippen LogP contribution in [0.3, 0.4) is 0 Å². The Morgan fingerprint density at radius 1 is 1.24 bits per heavy atom. The molecule has 2 N–H and O–H groups in total. The van der Waals surface area contributed by atoms with Crippen molar-refractivity contribution in [3.8, 4) is 0 Å². The third kappa shape index (κ3) is 3.56. The summed E-state index contributed by atoms with van der Waals surface area (Å²) in [6, 6.07) is 14.0. The quantitative estimate of drug-likeness (QED) is 0.906. The maximum absolute atomic E-state index is 11.9. The molecule has 21 heavy (non-hydrogen) atoms. The van der Waals surface area contributed by atoms with Crippen LogP contribution in [0.25, 0.3) is 0 Å². The first-order valence-electron chi connectivity index (χ1n) is 7.18. The molecule has 0 radical (unpaired) electrons.